The van der Waals surface area contributed by atoms with E-state index in [1.54, 1.807) is 18.5 Å². The zero-order chi connectivity index (χ0) is 21.9. The number of rotatable bonds is 2. The quantitative estimate of drug-likeness (QED) is 0.283. The Balaban J connectivity index is 0.000000597. The first-order valence-corrected chi connectivity index (χ1v) is 9.14. The maximum atomic E-state index is 10.7. The number of aromatic nitrogens is 3. The zero-order valence-electron chi connectivity index (χ0n) is 15.2. The van der Waals surface area contributed by atoms with Gasteiger partial charge in [0.2, 0.25) is 0 Å². The van der Waals surface area contributed by atoms with E-state index in [0.29, 0.717) is 0 Å². The van der Waals surface area contributed by atoms with Crippen LogP contribution in [0, 0.1) is 11.3 Å². The molecule has 30 heavy (non-hydrogen) atoms. The van der Waals surface area contributed by atoms with Crippen molar-refractivity contribution < 1.29 is 45.6 Å². The van der Waals surface area contributed by atoms with Crippen LogP contribution in [0.4, 0.5) is 13.2 Å². The fourth-order valence-electron chi connectivity index (χ4n) is 1.75. The molecule has 0 amide bonds. The van der Waals surface area contributed by atoms with Crippen LogP contribution in [0.1, 0.15) is 6.92 Å². The van der Waals surface area contributed by atoms with Crippen molar-refractivity contribution in [2.24, 2.45) is 0 Å². The second-order valence-corrected chi connectivity index (χ2v) is 6.33. The number of hydrogen-bond donors (Lipinski definition) is 0. The molecule has 0 saturated carbocycles. The van der Waals surface area contributed by atoms with Gasteiger partial charge < -0.3 is 4.55 Å². The number of pyridine rings is 3. The van der Waals surface area contributed by atoms with Crippen molar-refractivity contribution in [2.45, 2.75) is 12.4 Å². The Kier molecular flexibility index (Phi) is 11.6. The van der Waals surface area contributed by atoms with Gasteiger partial charge in [0.25, 0.3) is 0 Å². The van der Waals surface area contributed by atoms with Gasteiger partial charge in [0, 0.05) is 38.8 Å². The Morgan fingerprint density at radius 1 is 0.867 bits per heavy atom. The Bertz CT molecular complexity index is 991. The Morgan fingerprint density at radius 3 is 1.47 bits per heavy atom. The van der Waals surface area contributed by atoms with Crippen LogP contribution in [-0.4, -0.2) is 33.4 Å². The summed E-state index contributed by atoms with van der Waals surface area (Å²) in [6.45, 7) is 1.43. The van der Waals surface area contributed by atoms with Crippen LogP contribution in [0.25, 0.3) is 22.8 Å². The summed E-state index contributed by atoms with van der Waals surface area (Å²) >= 11 is 0. The molecular weight excluding hydrogens is 512 g/mol. The standard InChI is InChI=1S/C15H11N3.C2H3N.CHF3O3S.Rh/c1-3-10-16-12(6-1)14-8-5-9-15(18-14)13-7-2-4-11-17-13;1-2-3;2-1(3,4)8(5,6)7;/h1-11H;1H3;(H,5,6,7);/p-1. The SMILES string of the molecule is CC#N.O=S(=O)([O-])C(F)(F)F.[Rh].c1ccc(-c2cccc(-c3ccccn3)n2)nc1. The predicted octanol–water partition coefficient (Wildman–Crippen LogP) is 3.78. The molecule has 0 aliphatic carbocycles. The van der Waals surface area contributed by atoms with Crippen molar-refractivity contribution in [1.29, 1.82) is 5.26 Å². The van der Waals surface area contributed by atoms with Crippen LogP contribution in [-0.2, 0) is 29.6 Å². The van der Waals surface area contributed by atoms with E-state index in [9.17, 15) is 13.2 Å². The molecule has 0 unspecified atom stereocenters. The average Bonchev–Trinajstić information content (AvgIpc) is 2.69. The zero-order valence-corrected chi connectivity index (χ0v) is 17.7. The Hall–Kier alpha value is -2.74. The van der Waals surface area contributed by atoms with E-state index in [0.717, 1.165) is 22.8 Å². The van der Waals surface area contributed by atoms with Gasteiger partial charge in [-0.1, -0.05) is 18.2 Å². The van der Waals surface area contributed by atoms with Crippen molar-refractivity contribution >= 4 is 10.1 Å². The molecule has 0 atom stereocenters. The van der Waals surface area contributed by atoms with E-state index in [1.165, 1.54) is 6.92 Å². The van der Waals surface area contributed by atoms with Gasteiger partial charge in [0.1, 0.15) is 0 Å². The van der Waals surface area contributed by atoms with E-state index in [2.05, 4.69) is 15.0 Å². The molecule has 3 aromatic rings. The summed E-state index contributed by atoms with van der Waals surface area (Å²) in [7, 11) is -6.09. The number of alkyl halides is 3. The van der Waals surface area contributed by atoms with Crippen molar-refractivity contribution in [3.63, 3.8) is 0 Å². The Morgan fingerprint density at radius 2 is 1.20 bits per heavy atom. The largest absolute Gasteiger partial charge is 0.741 e. The number of nitriles is 1. The molecule has 0 aliphatic rings. The van der Waals surface area contributed by atoms with Crippen molar-refractivity contribution in [2.75, 3.05) is 0 Å². The third-order valence-electron chi connectivity index (χ3n) is 2.89. The first kappa shape index (κ1) is 27.3. The van der Waals surface area contributed by atoms with Gasteiger partial charge in [-0.15, -0.1) is 0 Å². The number of halogens is 3. The summed E-state index contributed by atoms with van der Waals surface area (Å²) in [6.07, 6.45) is 3.54. The summed E-state index contributed by atoms with van der Waals surface area (Å²) in [6, 6.07) is 19.2. The third-order valence-corrected chi connectivity index (χ3v) is 3.45. The molecule has 161 valence electrons. The molecule has 0 spiro atoms. The molecule has 3 rings (SSSR count). The molecule has 3 heterocycles. The van der Waals surface area contributed by atoms with Gasteiger partial charge in [0.05, 0.1) is 28.8 Å². The van der Waals surface area contributed by atoms with Crippen LogP contribution < -0.4 is 0 Å². The van der Waals surface area contributed by atoms with Crippen molar-refractivity contribution in [1.82, 2.24) is 15.0 Å². The van der Waals surface area contributed by atoms with Crippen LogP contribution in [0.3, 0.4) is 0 Å². The number of nitrogens with zero attached hydrogens (tertiary/aromatic N) is 4. The van der Waals surface area contributed by atoms with Gasteiger partial charge in [-0.2, -0.15) is 18.4 Å². The fourth-order valence-corrected chi connectivity index (χ4v) is 1.75. The molecule has 0 bridgehead atoms. The summed E-state index contributed by atoms with van der Waals surface area (Å²) < 4.78 is 58.9. The first-order chi connectivity index (χ1) is 13.6. The number of hydrogen-bond acceptors (Lipinski definition) is 7. The molecule has 0 fully saturated rings. The minimum Gasteiger partial charge on any atom is -0.741 e. The predicted molar refractivity (Wildman–Crippen MR) is 97.7 cm³/mol. The van der Waals surface area contributed by atoms with Gasteiger partial charge in [-0.3, -0.25) is 9.97 Å². The van der Waals surface area contributed by atoms with Gasteiger partial charge in [-0.25, -0.2) is 13.4 Å². The minimum absolute atomic E-state index is 0. The third kappa shape index (κ3) is 9.17. The van der Waals surface area contributed by atoms with E-state index in [1.807, 2.05) is 54.6 Å². The van der Waals surface area contributed by atoms with Crippen molar-refractivity contribution in [3.05, 3.63) is 67.0 Å². The monoisotopic (exact) mass is 526 g/mol. The normalized spacial score (nSPS) is 10.1. The van der Waals surface area contributed by atoms with Gasteiger partial charge >= 0.3 is 5.51 Å². The molecule has 0 N–H and O–H groups in total. The van der Waals surface area contributed by atoms with Crippen molar-refractivity contribution in [3.8, 4) is 28.8 Å². The Labute approximate surface area is 184 Å². The second kappa shape index (κ2) is 12.7. The molecule has 0 saturated heterocycles. The molecule has 0 aliphatic heterocycles. The fraction of sp³-hybridized carbons (Fsp3) is 0.111. The van der Waals surface area contributed by atoms with Gasteiger partial charge in [0.15, 0.2) is 10.1 Å². The maximum Gasteiger partial charge on any atom is 0.485 e. The van der Waals surface area contributed by atoms with Crippen LogP contribution in [0.2, 0.25) is 0 Å². The molecule has 12 heteroatoms. The molecule has 0 aromatic carbocycles. The summed E-state index contributed by atoms with van der Waals surface area (Å²) in [5, 5.41) is 7.32. The van der Waals surface area contributed by atoms with Crippen LogP contribution in [0.15, 0.2) is 67.0 Å². The smallest absolute Gasteiger partial charge is 0.485 e. The summed E-state index contributed by atoms with van der Waals surface area (Å²) in [5.74, 6) is 0. The van der Waals surface area contributed by atoms with E-state index in [-0.39, 0.29) is 19.5 Å². The maximum absolute atomic E-state index is 10.7. The molecule has 1 radical (unpaired) electrons. The summed E-state index contributed by atoms with van der Waals surface area (Å²) in [4.78, 5) is 13.2. The second-order valence-electron chi connectivity index (χ2n) is 4.96. The molecule has 7 nitrogen and oxygen atoms in total. The average molecular weight is 526 g/mol. The van der Waals surface area contributed by atoms with Gasteiger partial charge in [-0.05, 0) is 36.4 Å². The van der Waals surface area contributed by atoms with Crippen LogP contribution in [0.5, 0.6) is 0 Å². The topological polar surface area (TPSA) is 120 Å². The van der Waals surface area contributed by atoms with E-state index < -0.39 is 15.6 Å². The van der Waals surface area contributed by atoms with Crippen LogP contribution >= 0.6 is 0 Å². The molecule has 3 aromatic heterocycles. The van der Waals surface area contributed by atoms with E-state index >= 15 is 0 Å². The summed E-state index contributed by atoms with van der Waals surface area (Å²) in [5.41, 5.74) is -2.18. The first-order valence-electron chi connectivity index (χ1n) is 7.73. The minimum atomic E-state index is -6.09. The van der Waals surface area contributed by atoms with E-state index in [4.69, 9.17) is 18.2 Å². The molecular formula is C18H14F3N4O3RhS-.